The van der Waals surface area contributed by atoms with Gasteiger partial charge < -0.3 is 15.1 Å². The molecule has 0 saturated carbocycles. The van der Waals surface area contributed by atoms with Crippen molar-refractivity contribution in [2.24, 2.45) is 0 Å². The van der Waals surface area contributed by atoms with Gasteiger partial charge in [0.2, 0.25) is 5.89 Å². The summed E-state index contributed by atoms with van der Waals surface area (Å²) in [4.78, 5) is 1.33. The van der Waals surface area contributed by atoms with Gasteiger partial charge in [0, 0.05) is 4.88 Å². The number of hydrogen-bond donors (Lipinski definition) is 2. The van der Waals surface area contributed by atoms with E-state index in [1.54, 1.807) is 11.3 Å². The molecule has 5 nitrogen and oxygen atoms in total. The molecule has 0 fully saturated rings. The Morgan fingerprint density at radius 1 is 1.26 bits per heavy atom. The Morgan fingerprint density at radius 3 is 2.95 bits per heavy atom. The number of rotatable bonds is 8. The highest BCUT2D eigenvalue weighted by Gasteiger charge is 2.07. The lowest BCUT2D eigenvalue weighted by Crippen LogP contribution is -2.13. The zero-order chi connectivity index (χ0) is 13.5. The lowest BCUT2D eigenvalue weighted by Gasteiger charge is -2.01. The quantitative estimate of drug-likeness (QED) is 0.728. The second-order valence-corrected chi connectivity index (χ2v) is 5.25. The Hall–Kier alpha value is -1.40. The van der Waals surface area contributed by atoms with E-state index in [0.29, 0.717) is 18.5 Å². The van der Waals surface area contributed by atoms with E-state index < -0.39 is 0 Å². The van der Waals surface area contributed by atoms with E-state index in [0.717, 1.165) is 25.9 Å². The first-order chi connectivity index (χ1) is 9.33. The molecule has 6 heteroatoms. The summed E-state index contributed by atoms with van der Waals surface area (Å²) in [6.45, 7) is 6.61. The standard InChI is InChI=1S/C13H20N4OS/c1-3-6-14-9-12-16-17-13(18-12)15-8-11-10(4-2)5-7-19-11/h5,7,14H,3-4,6,8-9H2,1-2H3,(H,15,17). The van der Waals surface area contributed by atoms with Crippen molar-refractivity contribution in [3.8, 4) is 0 Å². The number of anilines is 1. The zero-order valence-electron chi connectivity index (χ0n) is 11.4. The van der Waals surface area contributed by atoms with Gasteiger partial charge in [0.25, 0.3) is 0 Å². The third-order valence-electron chi connectivity index (χ3n) is 2.79. The van der Waals surface area contributed by atoms with Crippen LogP contribution in [0, 0.1) is 0 Å². The summed E-state index contributed by atoms with van der Waals surface area (Å²) in [6.07, 6.45) is 2.15. The molecule has 0 bridgehead atoms. The van der Waals surface area contributed by atoms with Crippen LogP contribution in [0.15, 0.2) is 15.9 Å². The van der Waals surface area contributed by atoms with Crippen molar-refractivity contribution in [3.63, 3.8) is 0 Å². The molecule has 104 valence electrons. The molecule has 0 spiro atoms. The van der Waals surface area contributed by atoms with Gasteiger partial charge in [-0.15, -0.1) is 16.4 Å². The van der Waals surface area contributed by atoms with Gasteiger partial charge >= 0.3 is 6.01 Å². The van der Waals surface area contributed by atoms with Crippen molar-refractivity contribution < 1.29 is 4.42 Å². The fourth-order valence-electron chi connectivity index (χ4n) is 1.76. The molecule has 19 heavy (non-hydrogen) atoms. The van der Waals surface area contributed by atoms with Crippen molar-refractivity contribution >= 4 is 17.4 Å². The molecule has 0 atom stereocenters. The molecule has 0 unspecified atom stereocenters. The number of nitrogens with zero attached hydrogens (tertiary/aromatic N) is 2. The molecule has 0 aromatic carbocycles. The van der Waals surface area contributed by atoms with Gasteiger partial charge in [0.05, 0.1) is 13.1 Å². The van der Waals surface area contributed by atoms with Gasteiger partial charge in [-0.05, 0) is 36.4 Å². The first-order valence-corrected chi connectivity index (χ1v) is 7.53. The van der Waals surface area contributed by atoms with Gasteiger partial charge in [-0.25, -0.2) is 0 Å². The Bertz CT molecular complexity index is 494. The maximum Gasteiger partial charge on any atom is 0.315 e. The summed E-state index contributed by atoms with van der Waals surface area (Å²) < 4.78 is 5.51. The molecule has 2 rings (SSSR count). The number of nitrogens with one attached hydrogen (secondary N) is 2. The summed E-state index contributed by atoms with van der Waals surface area (Å²) in [5, 5.41) is 16.5. The summed E-state index contributed by atoms with van der Waals surface area (Å²) in [6, 6.07) is 2.65. The van der Waals surface area contributed by atoms with Gasteiger partial charge in [0.15, 0.2) is 0 Å². The SMILES string of the molecule is CCCNCc1nnc(NCc2sccc2CC)o1. The topological polar surface area (TPSA) is 63.0 Å². The van der Waals surface area contributed by atoms with Crippen LogP contribution >= 0.6 is 11.3 Å². The fourth-order valence-corrected chi connectivity index (χ4v) is 2.68. The predicted molar refractivity (Wildman–Crippen MR) is 77.3 cm³/mol. The minimum Gasteiger partial charge on any atom is -0.407 e. The first kappa shape index (κ1) is 14.0. The summed E-state index contributed by atoms with van der Waals surface area (Å²) in [5.74, 6) is 0.623. The minimum atomic E-state index is 0.490. The second kappa shape index (κ2) is 7.25. The molecular formula is C13H20N4OS. The van der Waals surface area contributed by atoms with Crippen LogP contribution in [0.5, 0.6) is 0 Å². The lowest BCUT2D eigenvalue weighted by atomic mass is 10.2. The summed E-state index contributed by atoms with van der Waals surface area (Å²) in [5.41, 5.74) is 1.38. The number of aromatic nitrogens is 2. The maximum absolute atomic E-state index is 5.51. The Morgan fingerprint density at radius 2 is 2.16 bits per heavy atom. The fraction of sp³-hybridized carbons (Fsp3) is 0.538. The highest BCUT2D eigenvalue weighted by atomic mass is 32.1. The second-order valence-electron chi connectivity index (χ2n) is 4.25. The molecule has 2 aromatic heterocycles. The largest absolute Gasteiger partial charge is 0.407 e. The third-order valence-corrected chi connectivity index (χ3v) is 3.75. The van der Waals surface area contributed by atoms with E-state index in [2.05, 4.69) is 46.1 Å². The molecule has 0 aliphatic rings. The van der Waals surface area contributed by atoms with Crippen LogP contribution in [0.4, 0.5) is 6.01 Å². The van der Waals surface area contributed by atoms with Crippen molar-refractivity contribution in [2.45, 2.75) is 39.8 Å². The van der Waals surface area contributed by atoms with Crippen molar-refractivity contribution in [1.29, 1.82) is 0 Å². The van der Waals surface area contributed by atoms with Crippen LogP contribution in [0.1, 0.15) is 36.6 Å². The van der Waals surface area contributed by atoms with Crippen LogP contribution in [-0.2, 0) is 19.5 Å². The molecular weight excluding hydrogens is 260 g/mol. The Balaban J connectivity index is 1.83. The average molecular weight is 280 g/mol. The van der Waals surface area contributed by atoms with E-state index in [1.165, 1.54) is 10.4 Å². The maximum atomic E-state index is 5.51. The van der Waals surface area contributed by atoms with Gasteiger partial charge in [-0.3, -0.25) is 0 Å². The molecule has 2 aromatic rings. The van der Waals surface area contributed by atoms with E-state index in [9.17, 15) is 0 Å². The summed E-state index contributed by atoms with van der Waals surface area (Å²) >= 11 is 1.75. The van der Waals surface area contributed by atoms with Gasteiger partial charge in [-0.1, -0.05) is 18.9 Å². The van der Waals surface area contributed by atoms with Crippen molar-refractivity contribution in [1.82, 2.24) is 15.5 Å². The number of aryl methyl sites for hydroxylation is 1. The molecule has 0 aliphatic carbocycles. The molecule has 2 N–H and O–H groups in total. The van der Waals surface area contributed by atoms with E-state index in [1.807, 2.05) is 0 Å². The molecule has 0 radical (unpaired) electrons. The molecule has 0 aliphatic heterocycles. The molecule has 2 heterocycles. The number of hydrogen-bond acceptors (Lipinski definition) is 6. The van der Waals surface area contributed by atoms with Crippen LogP contribution in [-0.4, -0.2) is 16.7 Å². The smallest absolute Gasteiger partial charge is 0.315 e. The highest BCUT2D eigenvalue weighted by molar-refractivity contribution is 7.10. The first-order valence-electron chi connectivity index (χ1n) is 6.65. The van der Waals surface area contributed by atoms with Gasteiger partial charge in [-0.2, -0.15) is 0 Å². The van der Waals surface area contributed by atoms with E-state index in [4.69, 9.17) is 4.42 Å². The Labute approximate surface area is 117 Å². The number of thiophene rings is 1. The predicted octanol–water partition coefficient (Wildman–Crippen LogP) is 2.81. The van der Waals surface area contributed by atoms with Crippen LogP contribution in [0.25, 0.3) is 0 Å². The minimum absolute atomic E-state index is 0.490. The van der Waals surface area contributed by atoms with Crippen molar-refractivity contribution in [2.75, 3.05) is 11.9 Å². The van der Waals surface area contributed by atoms with E-state index >= 15 is 0 Å². The van der Waals surface area contributed by atoms with Crippen LogP contribution < -0.4 is 10.6 Å². The molecule has 0 saturated heterocycles. The van der Waals surface area contributed by atoms with Crippen molar-refractivity contribution in [3.05, 3.63) is 27.8 Å². The zero-order valence-corrected chi connectivity index (χ0v) is 12.2. The monoisotopic (exact) mass is 280 g/mol. The van der Waals surface area contributed by atoms with Crippen LogP contribution in [0.3, 0.4) is 0 Å². The third kappa shape index (κ3) is 4.04. The highest BCUT2D eigenvalue weighted by Crippen LogP contribution is 2.18. The lowest BCUT2D eigenvalue weighted by molar-refractivity contribution is 0.477. The molecule has 0 amide bonds. The average Bonchev–Trinajstić information content (AvgIpc) is 3.05. The summed E-state index contributed by atoms with van der Waals surface area (Å²) in [7, 11) is 0. The normalized spacial score (nSPS) is 10.8. The van der Waals surface area contributed by atoms with Crippen LogP contribution in [0.2, 0.25) is 0 Å². The van der Waals surface area contributed by atoms with E-state index in [-0.39, 0.29) is 0 Å². The Kier molecular flexibility index (Phi) is 5.35. The van der Waals surface area contributed by atoms with Gasteiger partial charge in [0.1, 0.15) is 0 Å².